The molecule has 0 unspecified atom stereocenters. The molecule has 0 aliphatic carbocycles. The maximum Gasteiger partial charge on any atom is 0.260 e. The molecule has 0 spiro atoms. The van der Waals surface area contributed by atoms with Crippen molar-refractivity contribution in [3.8, 4) is 17.2 Å². The molecule has 0 saturated heterocycles. The van der Waals surface area contributed by atoms with E-state index in [4.69, 9.17) is 9.47 Å². The van der Waals surface area contributed by atoms with Gasteiger partial charge in [0.1, 0.15) is 18.0 Å². The van der Waals surface area contributed by atoms with E-state index in [0.29, 0.717) is 5.75 Å². The summed E-state index contributed by atoms with van der Waals surface area (Å²) in [4.78, 5) is 12.6. The number of nitrogens with one attached hydrogen (secondary N) is 1. The van der Waals surface area contributed by atoms with E-state index < -0.39 is 22.5 Å². The molecule has 1 amide bonds. The molecule has 0 bridgehead atoms. The van der Waals surface area contributed by atoms with E-state index in [-0.39, 0.29) is 11.4 Å². The Bertz CT molecular complexity index is 1390. The summed E-state index contributed by atoms with van der Waals surface area (Å²) in [6, 6.07) is 13.0. The van der Waals surface area contributed by atoms with Crippen molar-refractivity contribution in [2.24, 2.45) is 5.10 Å². The second-order valence-electron chi connectivity index (χ2n) is 8.61. The maximum absolute atomic E-state index is 12.6. The Labute approximate surface area is 212 Å². The van der Waals surface area contributed by atoms with Gasteiger partial charge in [-0.1, -0.05) is 6.07 Å². The summed E-state index contributed by atoms with van der Waals surface area (Å²) in [6.07, 6.45) is 2.58. The smallest absolute Gasteiger partial charge is 0.260 e. The van der Waals surface area contributed by atoms with Crippen molar-refractivity contribution in [1.82, 2.24) is 9.99 Å². The third-order valence-corrected chi connectivity index (χ3v) is 6.80. The lowest BCUT2D eigenvalue weighted by molar-refractivity contribution is -0.119. The van der Waals surface area contributed by atoms with E-state index in [9.17, 15) is 13.2 Å². The molecule has 0 saturated carbocycles. The minimum atomic E-state index is -3.79. The maximum atomic E-state index is 12.6. The number of hydrogen-bond donors (Lipinski definition) is 1. The Balaban J connectivity index is 1.79. The Morgan fingerprint density at radius 3 is 2.28 bits per heavy atom. The van der Waals surface area contributed by atoms with E-state index in [1.807, 2.05) is 19.9 Å². The molecule has 192 valence electrons. The molecule has 0 atom stereocenters. The van der Waals surface area contributed by atoms with Crippen LogP contribution < -0.4 is 19.2 Å². The average Bonchev–Trinajstić information content (AvgIpc) is 3.08. The third-order valence-electron chi connectivity index (χ3n) is 5.67. The predicted molar refractivity (Wildman–Crippen MR) is 142 cm³/mol. The number of methoxy groups -OCH3 is 2. The van der Waals surface area contributed by atoms with Crippen LogP contribution in [0.25, 0.3) is 5.69 Å². The van der Waals surface area contributed by atoms with Crippen LogP contribution in [0.2, 0.25) is 0 Å². The quantitative estimate of drug-likeness (QED) is 0.348. The first-order valence-electron chi connectivity index (χ1n) is 11.2. The van der Waals surface area contributed by atoms with Crippen molar-refractivity contribution in [3.05, 3.63) is 70.5 Å². The lowest BCUT2D eigenvalue weighted by atomic mass is 10.1. The number of carbonyl (C=O) groups is 1. The SMILES string of the molecule is COc1ccc(N(CC(=O)N/N=C\c2cc(C)n(-c3cc(C)cc(C)c3)c2C)S(C)(=O)=O)c(OC)c1. The Hall–Kier alpha value is -3.79. The molecule has 0 radical (unpaired) electrons. The zero-order valence-electron chi connectivity index (χ0n) is 21.6. The number of hydrogen-bond acceptors (Lipinski definition) is 6. The molecule has 0 fully saturated rings. The van der Waals surface area contributed by atoms with Gasteiger partial charge in [-0.2, -0.15) is 5.10 Å². The molecule has 1 aromatic heterocycles. The van der Waals surface area contributed by atoms with Crippen molar-refractivity contribution in [1.29, 1.82) is 0 Å². The highest BCUT2D eigenvalue weighted by Crippen LogP contribution is 2.33. The molecule has 2 aromatic carbocycles. The first-order chi connectivity index (χ1) is 16.9. The van der Waals surface area contributed by atoms with Gasteiger partial charge in [0.05, 0.1) is 32.4 Å². The lowest BCUT2D eigenvalue weighted by Crippen LogP contribution is -2.39. The molecular weight excluding hydrogens is 480 g/mol. The fourth-order valence-electron chi connectivity index (χ4n) is 4.11. The van der Waals surface area contributed by atoms with Gasteiger partial charge >= 0.3 is 0 Å². The van der Waals surface area contributed by atoms with E-state index >= 15 is 0 Å². The predicted octanol–water partition coefficient (Wildman–Crippen LogP) is 3.64. The van der Waals surface area contributed by atoms with Gasteiger partial charge in [-0.3, -0.25) is 9.10 Å². The van der Waals surface area contributed by atoms with Crippen LogP contribution >= 0.6 is 0 Å². The first-order valence-corrected chi connectivity index (χ1v) is 13.1. The minimum absolute atomic E-state index is 0.219. The first kappa shape index (κ1) is 26.8. The molecule has 3 aromatic rings. The van der Waals surface area contributed by atoms with Gasteiger partial charge < -0.3 is 14.0 Å². The highest BCUT2D eigenvalue weighted by Gasteiger charge is 2.24. The van der Waals surface area contributed by atoms with Gasteiger partial charge in [-0.05, 0) is 69.2 Å². The number of ether oxygens (including phenoxy) is 2. The molecule has 9 nitrogen and oxygen atoms in total. The number of nitrogens with zero attached hydrogens (tertiary/aromatic N) is 3. The van der Waals surface area contributed by atoms with E-state index in [0.717, 1.165) is 33.2 Å². The number of carbonyl (C=O) groups excluding carboxylic acids is 1. The van der Waals surface area contributed by atoms with Crippen LogP contribution in [0.4, 0.5) is 5.69 Å². The summed E-state index contributed by atoms with van der Waals surface area (Å²) < 4.78 is 38.5. The van der Waals surface area contributed by atoms with Crippen molar-refractivity contribution >= 4 is 27.8 Å². The van der Waals surface area contributed by atoms with E-state index in [2.05, 4.69) is 47.1 Å². The monoisotopic (exact) mass is 512 g/mol. The Morgan fingerprint density at radius 1 is 1.03 bits per heavy atom. The van der Waals surface area contributed by atoms with Crippen LogP contribution in [0, 0.1) is 27.7 Å². The van der Waals surface area contributed by atoms with Crippen LogP contribution in [0.1, 0.15) is 28.1 Å². The molecule has 3 rings (SSSR count). The Kier molecular flexibility index (Phi) is 8.09. The summed E-state index contributed by atoms with van der Waals surface area (Å²) in [5.74, 6) is 0.157. The molecule has 10 heteroatoms. The fraction of sp³-hybridized carbons (Fsp3) is 0.308. The molecular formula is C26H32N4O5S. The number of benzene rings is 2. The molecule has 0 aliphatic rings. The minimum Gasteiger partial charge on any atom is -0.497 e. The second kappa shape index (κ2) is 10.9. The average molecular weight is 513 g/mol. The summed E-state index contributed by atoms with van der Waals surface area (Å²) in [7, 11) is -0.885. The summed E-state index contributed by atoms with van der Waals surface area (Å²) >= 11 is 0. The number of aromatic nitrogens is 1. The zero-order valence-corrected chi connectivity index (χ0v) is 22.4. The van der Waals surface area contributed by atoms with Gasteiger partial charge in [-0.25, -0.2) is 13.8 Å². The highest BCUT2D eigenvalue weighted by atomic mass is 32.2. The van der Waals surface area contributed by atoms with Crippen molar-refractivity contribution in [2.45, 2.75) is 27.7 Å². The molecule has 1 heterocycles. The summed E-state index contributed by atoms with van der Waals surface area (Å²) in [5, 5.41) is 4.07. The zero-order chi connectivity index (χ0) is 26.6. The van der Waals surface area contributed by atoms with E-state index in [1.54, 1.807) is 18.3 Å². The van der Waals surface area contributed by atoms with Crippen LogP contribution in [0.5, 0.6) is 11.5 Å². The van der Waals surface area contributed by atoms with Crippen LogP contribution in [0.3, 0.4) is 0 Å². The lowest BCUT2D eigenvalue weighted by Gasteiger charge is -2.23. The second-order valence-corrected chi connectivity index (χ2v) is 10.5. The van der Waals surface area contributed by atoms with Gasteiger partial charge in [0.2, 0.25) is 10.0 Å². The summed E-state index contributed by atoms with van der Waals surface area (Å²) in [5.41, 5.74) is 8.88. The van der Waals surface area contributed by atoms with Gasteiger partial charge in [0.15, 0.2) is 0 Å². The third kappa shape index (κ3) is 6.06. The largest absolute Gasteiger partial charge is 0.497 e. The number of amides is 1. The topological polar surface area (TPSA) is 102 Å². The fourth-order valence-corrected chi connectivity index (χ4v) is 4.97. The number of sulfonamides is 1. The van der Waals surface area contributed by atoms with Gasteiger partial charge in [0.25, 0.3) is 5.91 Å². The molecule has 1 N–H and O–H groups in total. The molecule has 36 heavy (non-hydrogen) atoms. The molecule has 0 aliphatic heterocycles. The number of aryl methyl sites for hydroxylation is 3. The number of hydrazone groups is 1. The van der Waals surface area contributed by atoms with E-state index in [1.165, 1.54) is 31.4 Å². The number of rotatable bonds is 9. The van der Waals surface area contributed by atoms with Gasteiger partial charge in [0, 0.05) is 28.7 Å². The van der Waals surface area contributed by atoms with Gasteiger partial charge in [-0.15, -0.1) is 0 Å². The van der Waals surface area contributed by atoms with Crippen LogP contribution in [-0.4, -0.2) is 52.1 Å². The van der Waals surface area contributed by atoms with Crippen molar-refractivity contribution < 1.29 is 22.7 Å². The normalized spacial score (nSPS) is 11.5. The number of anilines is 1. The van der Waals surface area contributed by atoms with Crippen molar-refractivity contribution in [2.75, 3.05) is 31.3 Å². The van der Waals surface area contributed by atoms with Crippen LogP contribution in [0.15, 0.2) is 47.6 Å². The highest BCUT2D eigenvalue weighted by molar-refractivity contribution is 7.92. The summed E-state index contributed by atoms with van der Waals surface area (Å²) in [6.45, 7) is 7.64. The van der Waals surface area contributed by atoms with Crippen LogP contribution in [-0.2, 0) is 14.8 Å². The Morgan fingerprint density at radius 2 is 1.69 bits per heavy atom. The standard InChI is InChI=1S/C26H32N4O5S/c1-17-10-18(2)12-22(11-17)30-19(3)13-21(20(30)4)15-27-28-26(31)16-29(36(7,32)33)24-9-8-23(34-5)14-25(24)35-6/h8-15H,16H2,1-7H3,(H,28,31)/b27-15-. The van der Waals surface area contributed by atoms with Crippen molar-refractivity contribution in [3.63, 3.8) is 0 Å².